The normalized spacial score (nSPS) is 12.1. The molecule has 92 valence electrons. The Morgan fingerprint density at radius 2 is 1.82 bits per heavy atom. The van der Waals surface area contributed by atoms with Gasteiger partial charge in [-0.05, 0) is 12.8 Å². The minimum Gasteiger partial charge on any atom is -0.481 e. The Kier molecular flexibility index (Phi) is 5.36. The van der Waals surface area contributed by atoms with Crippen LogP contribution in [-0.4, -0.2) is 28.1 Å². The molecule has 0 aromatic heterocycles. The summed E-state index contributed by atoms with van der Waals surface area (Å²) >= 11 is 0. The monoisotopic (exact) mass is 236 g/mol. The van der Waals surface area contributed by atoms with E-state index in [4.69, 9.17) is 5.11 Å². The van der Waals surface area contributed by atoms with Crippen molar-refractivity contribution in [1.29, 1.82) is 0 Å². The lowest BCUT2D eigenvalue weighted by atomic mass is 10.0. The number of carbonyl (C=O) groups excluding carboxylic acids is 1. The maximum absolute atomic E-state index is 11.7. The van der Waals surface area contributed by atoms with Crippen LogP contribution in [0.5, 0.6) is 0 Å². The molecular weight excluding hydrogens is 220 g/mol. The summed E-state index contributed by atoms with van der Waals surface area (Å²) in [6.45, 7) is 0. The zero-order chi connectivity index (χ0) is 12.7. The van der Waals surface area contributed by atoms with Crippen LogP contribution in [-0.2, 0) is 4.79 Å². The van der Waals surface area contributed by atoms with Gasteiger partial charge in [-0.1, -0.05) is 30.3 Å². The number of Topliss-reactive ketones (excluding diaryl/α,β-unsaturated/α-hetero) is 1. The second-order valence-corrected chi connectivity index (χ2v) is 3.93. The van der Waals surface area contributed by atoms with Crippen molar-refractivity contribution in [2.24, 2.45) is 0 Å². The maximum Gasteiger partial charge on any atom is 0.305 e. The van der Waals surface area contributed by atoms with Gasteiger partial charge in [0.15, 0.2) is 5.78 Å². The standard InChI is InChI=1S/C13H16O4/c14-11(9-13(16)17)7-4-8-12(15)10-5-2-1-3-6-10/h1-3,5-6,11,14H,4,7-9H2,(H,16,17). The highest BCUT2D eigenvalue weighted by molar-refractivity contribution is 5.95. The van der Waals surface area contributed by atoms with Crippen LogP contribution < -0.4 is 0 Å². The smallest absolute Gasteiger partial charge is 0.305 e. The van der Waals surface area contributed by atoms with Gasteiger partial charge < -0.3 is 10.2 Å². The van der Waals surface area contributed by atoms with E-state index in [0.29, 0.717) is 24.8 Å². The molecule has 0 aliphatic carbocycles. The van der Waals surface area contributed by atoms with E-state index in [2.05, 4.69) is 0 Å². The number of aliphatic hydroxyl groups is 1. The van der Waals surface area contributed by atoms with Gasteiger partial charge in [-0.25, -0.2) is 0 Å². The van der Waals surface area contributed by atoms with Crippen molar-refractivity contribution in [2.45, 2.75) is 31.8 Å². The highest BCUT2D eigenvalue weighted by Crippen LogP contribution is 2.09. The van der Waals surface area contributed by atoms with Gasteiger partial charge >= 0.3 is 5.97 Å². The molecule has 0 radical (unpaired) electrons. The Labute approximate surface area is 99.9 Å². The third kappa shape index (κ3) is 5.26. The average Bonchev–Trinajstić information content (AvgIpc) is 2.29. The van der Waals surface area contributed by atoms with E-state index in [1.807, 2.05) is 6.07 Å². The zero-order valence-electron chi connectivity index (χ0n) is 9.50. The molecule has 0 fully saturated rings. The molecule has 0 bridgehead atoms. The third-order valence-electron chi connectivity index (χ3n) is 2.45. The highest BCUT2D eigenvalue weighted by Gasteiger charge is 2.11. The summed E-state index contributed by atoms with van der Waals surface area (Å²) in [7, 11) is 0. The van der Waals surface area contributed by atoms with Gasteiger partial charge in [0.25, 0.3) is 0 Å². The molecule has 0 saturated heterocycles. The van der Waals surface area contributed by atoms with Crippen molar-refractivity contribution in [1.82, 2.24) is 0 Å². The van der Waals surface area contributed by atoms with Gasteiger partial charge in [-0.15, -0.1) is 0 Å². The number of aliphatic hydroxyl groups excluding tert-OH is 1. The average molecular weight is 236 g/mol. The lowest BCUT2D eigenvalue weighted by Gasteiger charge is -2.06. The molecule has 0 saturated carbocycles. The molecule has 1 aromatic rings. The van der Waals surface area contributed by atoms with Crippen LogP contribution in [0.3, 0.4) is 0 Å². The second kappa shape index (κ2) is 6.81. The summed E-state index contributed by atoms with van der Waals surface area (Å²) in [4.78, 5) is 22.0. The lowest BCUT2D eigenvalue weighted by molar-refractivity contribution is -0.139. The number of carbonyl (C=O) groups is 2. The third-order valence-corrected chi connectivity index (χ3v) is 2.45. The maximum atomic E-state index is 11.7. The van der Waals surface area contributed by atoms with E-state index < -0.39 is 12.1 Å². The summed E-state index contributed by atoms with van der Waals surface area (Å²) in [6, 6.07) is 8.93. The summed E-state index contributed by atoms with van der Waals surface area (Å²) in [5.74, 6) is -1.000. The first kappa shape index (κ1) is 13.4. The number of aliphatic carboxylic acids is 1. The molecule has 1 unspecified atom stereocenters. The summed E-state index contributed by atoms with van der Waals surface area (Å²) in [5.41, 5.74) is 0.653. The summed E-state index contributed by atoms with van der Waals surface area (Å²) in [5, 5.41) is 17.8. The molecule has 0 heterocycles. The largest absolute Gasteiger partial charge is 0.481 e. The van der Waals surface area contributed by atoms with Crippen LogP contribution in [0.4, 0.5) is 0 Å². The molecular formula is C13H16O4. The van der Waals surface area contributed by atoms with Gasteiger partial charge in [-0.2, -0.15) is 0 Å². The van der Waals surface area contributed by atoms with E-state index in [1.165, 1.54) is 0 Å². The minimum absolute atomic E-state index is 0.0214. The summed E-state index contributed by atoms with van der Waals surface area (Å²) < 4.78 is 0. The van der Waals surface area contributed by atoms with Crippen molar-refractivity contribution in [3.05, 3.63) is 35.9 Å². The summed E-state index contributed by atoms with van der Waals surface area (Å²) in [6.07, 6.45) is 0.0452. The molecule has 1 aromatic carbocycles. The topological polar surface area (TPSA) is 74.6 Å². The van der Waals surface area contributed by atoms with Crippen LogP contribution >= 0.6 is 0 Å². The van der Waals surface area contributed by atoms with Crippen LogP contribution in [0.1, 0.15) is 36.0 Å². The molecule has 0 amide bonds. The Morgan fingerprint density at radius 3 is 2.41 bits per heavy atom. The number of carboxylic acid groups (broad SMARTS) is 1. The van der Waals surface area contributed by atoms with Gasteiger partial charge in [0.05, 0.1) is 12.5 Å². The van der Waals surface area contributed by atoms with Crippen molar-refractivity contribution < 1.29 is 19.8 Å². The van der Waals surface area contributed by atoms with Crippen molar-refractivity contribution >= 4 is 11.8 Å². The Hall–Kier alpha value is -1.68. The Morgan fingerprint density at radius 1 is 1.18 bits per heavy atom. The van der Waals surface area contributed by atoms with E-state index in [9.17, 15) is 14.7 Å². The van der Waals surface area contributed by atoms with E-state index >= 15 is 0 Å². The number of hydrogen-bond acceptors (Lipinski definition) is 3. The van der Waals surface area contributed by atoms with E-state index in [-0.39, 0.29) is 12.2 Å². The molecule has 4 heteroatoms. The quantitative estimate of drug-likeness (QED) is 0.709. The SMILES string of the molecule is O=C(O)CC(O)CCCC(=O)c1ccccc1. The zero-order valence-corrected chi connectivity index (χ0v) is 9.50. The molecule has 0 aliphatic heterocycles. The first-order valence-corrected chi connectivity index (χ1v) is 5.57. The molecule has 1 rings (SSSR count). The fourth-order valence-corrected chi connectivity index (χ4v) is 1.57. The fourth-order valence-electron chi connectivity index (χ4n) is 1.57. The van der Waals surface area contributed by atoms with Gasteiger partial charge in [0, 0.05) is 12.0 Å². The highest BCUT2D eigenvalue weighted by atomic mass is 16.4. The number of ketones is 1. The van der Waals surface area contributed by atoms with E-state index in [1.54, 1.807) is 24.3 Å². The molecule has 17 heavy (non-hydrogen) atoms. The first-order valence-electron chi connectivity index (χ1n) is 5.57. The van der Waals surface area contributed by atoms with Crippen LogP contribution in [0.2, 0.25) is 0 Å². The number of hydrogen-bond donors (Lipinski definition) is 2. The fraction of sp³-hybridized carbons (Fsp3) is 0.385. The number of rotatable bonds is 7. The van der Waals surface area contributed by atoms with Crippen LogP contribution in [0.15, 0.2) is 30.3 Å². The minimum atomic E-state index is -1.02. The molecule has 0 spiro atoms. The lowest BCUT2D eigenvalue weighted by Crippen LogP contribution is -2.13. The van der Waals surface area contributed by atoms with Crippen molar-refractivity contribution in [3.63, 3.8) is 0 Å². The van der Waals surface area contributed by atoms with Crippen molar-refractivity contribution in [2.75, 3.05) is 0 Å². The molecule has 0 aliphatic rings. The Bertz CT molecular complexity index is 372. The predicted octanol–water partition coefficient (Wildman–Crippen LogP) is 1.88. The van der Waals surface area contributed by atoms with E-state index in [0.717, 1.165) is 0 Å². The number of carboxylic acids is 1. The van der Waals surface area contributed by atoms with Crippen molar-refractivity contribution in [3.8, 4) is 0 Å². The Balaban J connectivity index is 2.28. The molecule has 2 N–H and O–H groups in total. The first-order chi connectivity index (χ1) is 8.09. The van der Waals surface area contributed by atoms with Crippen LogP contribution in [0.25, 0.3) is 0 Å². The number of benzene rings is 1. The predicted molar refractivity (Wildman–Crippen MR) is 62.9 cm³/mol. The molecule has 4 nitrogen and oxygen atoms in total. The van der Waals surface area contributed by atoms with Crippen LogP contribution in [0, 0.1) is 0 Å². The van der Waals surface area contributed by atoms with Gasteiger partial charge in [-0.3, -0.25) is 9.59 Å². The second-order valence-electron chi connectivity index (χ2n) is 3.93. The molecule has 1 atom stereocenters. The van der Waals surface area contributed by atoms with Gasteiger partial charge in [0.2, 0.25) is 0 Å². The van der Waals surface area contributed by atoms with Gasteiger partial charge in [0.1, 0.15) is 0 Å².